The van der Waals surface area contributed by atoms with Gasteiger partial charge >= 0.3 is 0 Å². The molecule has 5 heteroatoms. The number of hydrogen-bond donors (Lipinski definition) is 0. The van der Waals surface area contributed by atoms with E-state index in [0.717, 1.165) is 32.5 Å². The Kier molecular flexibility index (Phi) is 6.49. The van der Waals surface area contributed by atoms with Crippen LogP contribution in [0.2, 0.25) is 0 Å². The third-order valence-electron chi connectivity index (χ3n) is 4.57. The standard InChI is InChI=1S/C16H29N3O2/c1-2-3-6-15(20)18-11-13-19(14-12-18)16(21)7-10-17-8-4-5-9-17/h2-14H2,1H3. The third-order valence-corrected chi connectivity index (χ3v) is 4.57. The summed E-state index contributed by atoms with van der Waals surface area (Å²) in [7, 11) is 0. The Balaban J connectivity index is 1.65. The summed E-state index contributed by atoms with van der Waals surface area (Å²) in [5, 5.41) is 0. The minimum atomic E-state index is 0.251. The summed E-state index contributed by atoms with van der Waals surface area (Å²) in [6, 6.07) is 0. The van der Waals surface area contributed by atoms with Crippen LogP contribution in [0.3, 0.4) is 0 Å². The van der Waals surface area contributed by atoms with Crippen LogP contribution in [0.25, 0.3) is 0 Å². The van der Waals surface area contributed by atoms with Crippen molar-refractivity contribution in [2.75, 3.05) is 45.8 Å². The zero-order chi connectivity index (χ0) is 15.1. The second-order valence-electron chi connectivity index (χ2n) is 6.16. The molecule has 0 saturated carbocycles. The fourth-order valence-corrected chi connectivity index (χ4v) is 3.11. The molecule has 0 bridgehead atoms. The fourth-order valence-electron chi connectivity index (χ4n) is 3.11. The average Bonchev–Trinajstić information content (AvgIpc) is 3.04. The summed E-state index contributed by atoms with van der Waals surface area (Å²) in [5.41, 5.74) is 0. The van der Waals surface area contributed by atoms with Gasteiger partial charge in [0.15, 0.2) is 0 Å². The summed E-state index contributed by atoms with van der Waals surface area (Å²) in [5.74, 6) is 0.503. The Morgan fingerprint density at radius 1 is 0.810 bits per heavy atom. The normalized spacial score (nSPS) is 20.0. The van der Waals surface area contributed by atoms with Gasteiger partial charge in [0.1, 0.15) is 0 Å². The van der Waals surface area contributed by atoms with Gasteiger partial charge in [0.25, 0.3) is 0 Å². The molecular formula is C16H29N3O2. The number of hydrogen-bond acceptors (Lipinski definition) is 3. The van der Waals surface area contributed by atoms with E-state index in [2.05, 4.69) is 11.8 Å². The Labute approximate surface area is 128 Å². The largest absolute Gasteiger partial charge is 0.339 e. The summed E-state index contributed by atoms with van der Waals surface area (Å²) in [4.78, 5) is 30.4. The van der Waals surface area contributed by atoms with Crippen LogP contribution in [-0.2, 0) is 9.59 Å². The maximum atomic E-state index is 12.2. The highest BCUT2D eigenvalue weighted by Gasteiger charge is 2.24. The molecule has 0 radical (unpaired) electrons. The summed E-state index contributed by atoms with van der Waals surface area (Å²) in [6.45, 7) is 8.11. The molecule has 0 unspecified atom stereocenters. The smallest absolute Gasteiger partial charge is 0.223 e. The van der Waals surface area contributed by atoms with Crippen molar-refractivity contribution in [1.82, 2.24) is 14.7 Å². The number of nitrogens with zero attached hydrogens (tertiary/aromatic N) is 3. The second kappa shape index (κ2) is 8.37. The molecular weight excluding hydrogens is 266 g/mol. The maximum Gasteiger partial charge on any atom is 0.223 e. The molecule has 0 aliphatic carbocycles. The highest BCUT2D eigenvalue weighted by molar-refractivity contribution is 5.78. The SMILES string of the molecule is CCCCC(=O)N1CCN(C(=O)CCN2CCCC2)CC1. The van der Waals surface area contributed by atoms with Crippen molar-refractivity contribution >= 4 is 11.8 Å². The van der Waals surface area contributed by atoms with Gasteiger partial charge in [-0.3, -0.25) is 9.59 Å². The molecule has 120 valence electrons. The van der Waals surface area contributed by atoms with Crippen molar-refractivity contribution in [3.63, 3.8) is 0 Å². The minimum absolute atomic E-state index is 0.251. The summed E-state index contributed by atoms with van der Waals surface area (Å²) >= 11 is 0. The van der Waals surface area contributed by atoms with E-state index in [1.807, 2.05) is 9.80 Å². The number of rotatable bonds is 6. The van der Waals surface area contributed by atoms with Crippen molar-refractivity contribution in [1.29, 1.82) is 0 Å². The molecule has 0 aromatic carbocycles. The third kappa shape index (κ3) is 4.99. The van der Waals surface area contributed by atoms with Gasteiger partial charge in [-0.05, 0) is 32.4 Å². The van der Waals surface area contributed by atoms with Crippen LogP contribution in [0, 0.1) is 0 Å². The van der Waals surface area contributed by atoms with Gasteiger partial charge in [-0.15, -0.1) is 0 Å². The topological polar surface area (TPSA) is 43.9 Å². The van der Waals surface area contributed by atoms with Crippen LogP contribution in [0.5, 0.6) is 0 Å². The molecule has 21 heavy (non-hydrogen) atoms. The van der Waals surface area contributed by atoms with E-state index in [1.165, 1.54) is 12.8 Å². The molecule has 0 N–H and O–H groups in total. The Bertz CT molecular complexity index is 345. The van der Waals surface area contributed by atoms with Gasteiger partial charge in [-0.25, -0.2) is 0 Å². The number of unbranched alkanes of at least 4 members (excludes halogenated alkanes) is 1. The lowest BCUT2D eigenvalue weighted by Gasteiger charge is -2.35. The van der Waals surface area contributed by atoms with Crippen LogP contribution < -0.4 is 0 Å². The molecule has 2 amide bonds. The van der Waals surface area contributed by atoms with E-state index in [9.17, 15) is 9.59 Å². The fraction of sp³-hybridized carbons (Fsp3) is 0.875. The molecule has 2 aliphatic heterocycles. The first-order valence-electron chi connectivity index (χ1n) is 8.48. The van der Waals surface area contributed by atoms with Crippen LogP contribution in [-0.4, -0.2) is 72.3 Å². The highest BCUT2D eigenvalue weighted by Crippen LogP contribution is 2.10. The average molecular weight is 295 g/mol. The van der Waals surface area contributed by atoms with E-state index in [1.54, 1.807) is 0 Å². The van der Waals surface area contributed by atoms with Crippen LogP contribution in [0.1, 0.15) is 45.4 Å². The Morgan fingerprint density at radius 3 is 1.86 bits per heavy atom. The first-order valence-corrected chi connectivity index (χ1v) is 8.48. The van der Waals surface area contributed by atoms with E-state index in [0.29, 0.717) is 39.0 Å². The van der Waals surface area contributed by atoms with Crippen molar-refractivity contribution in [3.05, 3.63) is 0 Å². The zero-order valence-corrected chi connectivity index (χ0v) is 13.4. The van der Waals surface area contributed by atoms with Crippen LogP contribution in [0.4, 0.5) is 0 Å². The number of carbonyl (C=O) groups excluding carboxylic acids is 2. The lowest BCUT2D eigenvalue weighted by Crippen LogP contribution is -2.50. The number of piperazine rings is 1. The second-order valence-corrected chi connectivity index (χ2v) is 6.16. The zero-order valence-electron chi connectivity index (χ0n) is 13.4. The maximum absolute atomic E-state index is 12.2. The van der Waals surface area contributed by atoms with Gasteiger partial charge in [0.2, 0.25) is 11.8 Å². The molecule has 2 rings (SSSR count). The van der Waals surface area contributed by atoms with Crippen LogP contribution >= 0.6 is 0 Å². The van der Waals surface area contributed by atoms with Crippen molar-refractivity contribution in [3.8, 4) is 0 Å². The first kappa shape index (κ1) is 16.3. The molecule has 2 aliphatic rings. The quantitative estimate of drug-likeness (QED) is 0.742. The molecule has 2 heterocycles. The van der Waals surface area contributed by atoms with Crippen molar-refractivity contribution < 1.29 is 9.59 Å². The van der Waals surface area contributed by atoms with Gasteiger partial charge in [-0.1, -0.05) is 13.3 Å². The van der Waals surface area contributed by atoms with E-state index in [-0.39, 0.29) is 11.8 Å². The van der Waals surface area contributed by atoms with Gasteiger partial charge in [0.05, 0.1) is 0 Å². The molecule has 2 fully saturated rings. The molecule has 0 spiro atoms. The van der Waals surface area contributed by atoms with E-state index in [4.69, 9.17) is 0 Å². The number of likely N-dealkylation sites (tertiary alicyclic amines) is 1. The predicted molar refractivity (Wildman–Crippen MR) is 83.0 cm³/mol. The van der Waals surface area contributed by atoms with Gasteiger partial charge in [0, 0.05) is 45.6 Å². The monoisotopic (exact) mass is 295 g/mol. The highest BCUT2D eigenvalue weighted by atomic mass is 16.2. The Hall–Kier alpha value is -1.10. The van der Waals surface area contributed by atoms with Crippen molar-refractivity contribution in [2.45, 2.75) is 45.4 Å². The molecule has 0 atom stereocenters. The van der Waals surface area contributed by atoms with E-state index < -0.39 is 0 Å². The minimum Gasteiger partial charge on any atom is -0.339 e. The molecule has 2 saturated heterocycles. The first-order chi connectivity index (χ1) is 10.2. The van der Waals surface area contributed by atoms with Crippen molar-refractivity contribution in [2.24, 2.45) is 0 Å². The van der Waals surface area contributed by atoms with Gasteiger partial charge < -0.3 is 14.7 Å². The Morgan fingerprint density at radius 2 is 1.33 bits per heavy atom. The van der Waals surface area contributed by atoms with Gasteiger partial charge in [-0.2, -0.15) is 0 Å². The number of carbonyl (C=O) groups is 2. The summed E-state index contributed by atoms with van der Waals surface area (Å²) in [6.07, 6.45) is 5.84. The lowest BCUT2D eigenvalue weighted by atomic mass is 10.2. The van der Waals surface area contributed by atoms with E-state index >= 15 is 0 Å². The molecule has 0 aromatic heterocycles. The van der Waals surface area contributed by atoms with Crippen LogP contribution in [0.15, 0.2) is 0 Å². The summed E-state index contributed by atoms with van der Waals surface area (Å²) < 4.78 is 0. The lowest BCUT2D eigenvalue weighted by molar-refractivity contribution is -0.139. The predicted octanol–water partition coefficient (Wildman–Crippen LogP) is 1.33. The molecule has 0 aromatic rings. The number of amides is 2. The molecule has 5 nitrogen and oxygen atoms in total.